The number of hydrogen-bond donors (Lipinski definition) is 2. The van der Waals surface area contributed by atoms with Gasteiger partial charge in [-0.15, -0.1) is 0 Å². The number of carbonyl (C=O) groups is 1. The fourth-order valence-electron chi connectivity index (χ4n) is 2.75. The van der Waals surface area contributed by atoms with Gasteiger partial charge in [-0.1, -0.05) is 18.5 Å². The summed E-state index contributed by atoms with van der Waals surface area (Å²) >= 11 is 5.90. The molecule has 6 nitrogen and oxygen atoms in total. The number of hydrogen-bond acceptors (Lipinski definition) is 4. The third-order valence-corrected chi connectivity index (χ3v) is 4.45. The fourth-order valence-corrected chi connectivity index (χ4v) is 2.88. The van der Waals surface area contributed by atoms with Crippen molar-refractivity contribution in [1.82, 2.24) is 10.2 Å². The van der Waals surface area contributed by atoms with Gasteiger partial charge < -0.3 is 14.8 Å². The molecule has 3 aromatic rings. The van der Waals surface area contributed by atoms with Crippen LogP contribution in [-0.2, 0) is 6.42 Å². The minimum atomic E-state index is -0.245. The van der Waals surface area contributed by atoms with Crippen molar-refractivity contribution in [2.24, 2.45) is 0 Å². The molecule has 0 aliphatic heterocycles. The van der Waals surface area contributed by atoms with E-state index in [1.165, 1.54) is 0 Å². The molecule has 0 bridgehead atoms. The SMILES string of the molecule is CCc1[nH]nc(-c2cc(OC)ccc2OC)c1NC(=O)c1ccc(Cl)cc1. The highest BCUT2D eigenvalue weighted by Gasteiger charge is 2.20. The number of benzene rings is 2. The van der Waals surface area contributed by atoms with E-state index in [1.807, 2.05) is 19.1 Å². The van der Waals surface area contributed by atoms with E-state index in [2.05, 4.69) is 15.5 Å². The Morgan fingerprint density at radius 1 is 1.15 bits per heavy atom. The molecule has 7 heteroatoms. The molecule has 0 spiro atoms. The van der Waals surface area contributed by atoms with E-state index in [4.69, 9.17) is 21.1 Å². The normalized spacial score (nSPS) is 10.5. The molecular formula is C20H20ClN3O3. The third kappa shape index (κ3) is 3.90. The molecule has 1 heterocycles. The summed E-state index contributed by atoms with van der Waals surface area (Å²) in [6.07, 6.45) is 0.676. The van der Waals surface area contributed by atoms with Gasteiger partial charge in [0.25, 0.3) is 5.91 Å². The third-order valence-electron chi connectivity index (χ3n) is 4.20. The number of aryl methyl sites for hydroxylation is 1. The molecule has 0 atom stereocenters. The minimum absolute atomic E-state index is 0.245. The summed E-state index contributed by atoms with van der Waals surface area (Å²) in [5.74, 6) is 1.06. The molecular weight excluding hydrogens is 366 g/mol. The molecule has 0 aliphatic carbocycles. The van der Waals surface area contributed by atoms with E-state index in [-0.39, 0.29) is 5.91 Å². The molecule has 3 rings (SSSR count). The highest BCUT2D eigenvalue weighted by Crippen LogP contribution is 2.38. The summed E-state index contributed by atoms with van der Waals surface area (Å²) < 4.78 is 10.8. The Bertz CT molecular complexity index is 952. The maximum atomic E-state index is 12.7. The first-order valence-corrected chi connectivity index (χ1v) is 8.81. The van der Waals surface area contributed by atoms with Gasteiger partial charge in [0.2, 0.25) is 0 Å². The second kappa shape index (κ2) is 8.14. The van der Waals surface area contributed by atoms with Gasteiger partial charge >= 0.3 is 0 Å². The zero-order valence-electron chi connectivity index (χ0n) is 15.3. The van der Waals surface area contributed by atoms with E-state index in [0.29, 0.717) is 39.9 Å². The van der Waals surface area contributed by atoms with Crippen LogP contribution >= 0.6 is 11.6 Å². The van der Waals surface area contributed by atoms with Gasteiger partial charge in [-0.2, -0.15) is 5.10 Å². The molecule has 0 unspecified atom stereocenters. The number of anilines is 1. The Morgan fingerprint density at radius 2 is 1.89 bits per heavy atom. The lowest BCUT2D eigenvalue weighted by Gasteiger charge is -2.12. The maximum absolute atomic E-state index is 12.7. The number of amides is 1. The number of nitrogens with one attached hydrogen (secondary N) is 2. The van der Waals surface area contributed by atoms with Crippen LogP contribution in [0.4, 0.5) is 5.69 Å². The second-order valence-corrected chi connectivity index (χ2v) is 6.24. The van der Waals surface area contributed by atoms with Crippen molar-refractivity contribution >= 4 is 23.2 Å². The van der Waals surface area contributed by atoms with Crippen LogP contribution in [0.1, 0.15) is 23.0 Å². The zero-order valence-corrected chi connectivity index (χ0v) is 16.1. The highest BCUT2D eigenvalue weighted by molar-refractivity contribution is 6.30. The Kier molecular flexibility index (Phi) is 5.66. The van der Waals surface area contributed by atoms with Crippen molar-refractivity contribution < 1.29 is 14.3 Å². The Hall–Kier alpha value is -2.99. The molecule has 1 amide bonds. The molecule has 140 valence electrons. The Morgan fingerprint density at radius 3 is 2.52 bits per heavy atom. The van der Waals surface area contributed by atoms with Crippen LogP contribution in [0, 0.1) is 0 Å². The Balaban J connectivity index is 2.03. The van der Waals surface area contributed by atoms with E-state index >= 15 is 0 Å². The lowest BCUT2D eigenvalue weighted by Crippen LogP contribution is -2.13. The monoisotopic (exact) mass is 385 g/mol. The first kappa shape index (κ1) is 18.8. The largest absolute Gasteiger partial charge is 0.497 e. The Labute approximate surface area is 162 Å². The number of rotatable bonds is 6. The molecule has 27 heavy (non-hydrogen) atoms. The summed E-state index contributed by atoms with van der Waals surface area (Å²) in [4.78, 5) is 12.7. The van der Waals surface area contributed by atoms with Crippen molar-refractivity contribution in [3.63, 3.8) is 0 Å². The molecule has 0 fully saturated rings. The highest BCUT2D eigenvalue weighted by atomic mass is 35.5. The predicted molar refractivity (Wildman–Crippen MR) is 106 cm³/mol. The quantitative estimate of drug-likeness (QED) is 0.652. The van der Waals surface area contributed by atoms with Crippen LogP contribution in [0.15, 0.2) is 42.5 Å². The number of methoxy groups -OCH3 is 2. The molecule has 0 saturated carbocycles. The van der Waals surface area contributed by atoms with Gasteiger partial charge in [-0.05, 0) is 48.9 Å². The van der Waals surface area contributed by atoms with E-state index in [1.54, 1.807) is 44.6 Å². The number of H-pyrrole nitrogens is 1. The number of halogens is 1. The smallest absolute Gasteiger partial charge is 0.255 e. The predicted octanol–water partition coefficient (Wildman–Crippen LogP) is 4.56. The van der Waals surface area contributed by atoms with E-state index in [9.17, 15) is 4.79 Å². The van der Waals surface area contributed by atoms with Crippen molar-refractivity contribution in [2.45, 2.75) is 13.3 Å². The number of ether oxygens (including phenoxy) is 2. The minimum Gasteiger partial charge on any atom is -0.497 e. The van der Waals surface area contributed by atoms with Crippen molar-refractivity contribution in [1.29, 1.82) is 0 Å². The van der Waals surface area contributed by atoms with Crippen LogP contribution in [0.2, 0.25) is 5.02 Å². The van der Waals surface area contributed by atoms with Crippen LogP contribution < -0.4 is 14.8 Å². The number of carbonyl (C=O) groups excluding carboxylic acids is 1. The molecule has 2 aromatic carbocycles. The lowest BCUT2D eigenvalue weighted by atomic mass is 10.1. The fraction of sp³-hybridized carbons (Fsp3) is 0.200. The topological polar surface area (TPSA) is 76.2 Å². The van der Waals surface area contributed by atoms with Crippen molar-refractivity contribution in [3.8, 4) is 22.8 Å². The summed E-state index contributed by atoms with van der Waals surface area (Å²) in [6, 6.07) is 12.1. The van der Waals surface area contributed by atoms with Crippen molar-refractivity contribution in [2.75, 3.05) is 19.5 Å². The lowest BCUT2D eigenvalue weighted by molar-refractivity contribution is 0.102. The van der Waals surface area contributed by atoms with Gasteiger partial charge in [0, 0.05) is 16.1 Å². The molecule has 0 radical (unpaired) electrons. The zero-order chi connectivity index (χ0) is 19.4. The van der Waals surface area contributed by atoms with Gasteiger partial charge in [-0.3, -0.25) is 9.89 Å². The maximum Gasteiger partial charge on any atom is 0.255 e. The van der Waals surface area contributed by atoms with Crippen LogP contribution in [-0.4, -0.2) is 30.3 Å². The number of aromatic amines is 1. The van der Waals surface area contributed by atoms with E-state index in [0.717, 1.165) is 11.3 Å². The first-order chi connectivity index (χ1) is 13.1. The van der Waals surface area contributed by atoms with Crippen molar-refractivity contribution in [3.05, 3.63) is 58.7 Å². The number of nitrogens with zero attached hydrogens (tertiary/aromatic N) is 1. The molecule has 0 aliphatic rings. The molecule has 0 saturated heterocycles. The summed E-state index contributed by atoms with van der Waals surface area (Å²) in [7, 11) is 3.18. The molecule has 2 N–H and O–H groups in total. The summed E-state index contributed by atoms with van der Waals surface area (Å²) in [6.45, 7) is 1.98. The van der Waals surface area contributed by atoms with Crippen LogP contribution in [0.25, 0.3) is 11.3 Å². The van der Waals surface area contributed by atoms with Gasteiger partial charge in [0.05, 0.1) is 25.6 Å². The first-order valence-electron chi connectivity index (χ1n) is 8.44. The number of aromatic nitrogens is 2. The molecule has 1 aromatic heterocycles. The van der Waals surface area contributed by atoms with Gasteiger partial charge in [0.1, 0.15) is 17.2 Å². The second-order valence-electron chi connectivity index (χ2n) is 5.81. The standard InChI is InChI=1S/C20H20ClN3O3/c1-4-16-19(22-20(25)12-5-7-13(21)8-6-12)18(24-23-16)15-11-14(26-2)9-10-17(15)27-3/h5-11H,4H2,1-3H3,(H,22,25)(H,23,24). The van der Waals surface area contributed by atoms with E-state index < -0.39 is 0 Å². The van der Waals surface area contributed by atoms with Crippen LogP contribution in [0.3, 0.4) is 0 Å². The summed E-state index contributed by atoms with van der Waals surface area (Å²) in [5, 5.41) is 10.9. The summed E-state index contributed by atoms with van der Waals surface area (Å²) in [5.41, 5.74) is 3.25. The average Bonchev–Trinajstić information content (AvgIpc) is 3.10. The van der Waals surface area contributed by atoms with Gasteiger partial charge in [-0.25, -0.2) is 0 Å². The average molecular weight is 386 g/mol. The van der Waals surface area contributed by atoms with Crippen LogP contribution in [0.5, 0.6) is 11.5 Å². The van der Waals surface area contributed by atoms with Gasteiger partial charge in [0.15, 0.2) is 0 Å².